The number of hydrogen-bond donors (Lipinski definition) is 1. The molecule has 0 aliphatic carbocycles. The van der Waals surface area contributed by atoms with Crippen molar-refractivity contribution in [2.45, 2.75) is 155 Å². The zero-order valence-electron chi connectivity index (χ0n) is 38.2. The number of pyridine rings is 1. The number of ketones is 2. The summed E-state index contributed by atoms with van der Waals surface area (Å²) in [7, 11) is 5.24. The Kier molecular flexibility index (Phi) is 15.8. The number of methoxy groups -OCH3 is 1. The van der Waals surface area contributed by atoms with Crippen LogP contribution in [0.15, 0.2) is 30.9 Å². The molecule has 3 fully saturated rings. The molecule has 16 heteroatoms. The number of ether oxygens (including phenoxy) is 6. The molecule has 5 heterocycles. The molecule has 340 valence electrons. The molecule has 3 aliphatic rings. The number of Topliss-reactive ketones (excluding diaryl/α,β-unsaturated/α-hetero) is 2. The van der Waals surface area contributed by atoms with Crippen LogP contribution in [0.1, 0.15) is 94.4 Å². The lowest BCUT2D eigenvalue weighted by Crippen LogP contribution is -2.60. The number of amides is 1. The number of likely N-dealkylation sites (N-methyl/N-ethyl adjacent to an activating group) is 1. The molecule has 0 aromatic carbocycles. The molecule has 16 nitrogen and oxygen atoms in total. The van der Waals surface area contributed by atoms with E-state index >= 15 is 0 Å². The Hall–Kier alpha value is -3.96. The molecule has 0 bridgehead atoms. The van der Waals surface area contributed by atoms with E-state index in [1.165, 1.54) is 14.0 Å². The smallest absolute Gasteiger partial charge is 0.410 e. The van der Waals surface area contributed by atoms with Crippen LogP contribution in [0, 0.1) is 23.7 Å². The maximum Gasteiger partial charge on any atom is 0.410 e. The fourth-order valence-electron chi connectivity index (χ4n) is 9.68. The molecule has 61 heavy (non-hydrogen) atoms. The van der Waals surface area contributed by atoms with Crippen molar-refractivity contribution < 1.29 is 52.7 Å². The molecule has 3 aliphatic heterocycles. The third-order valence-electron chi connectivity index (χ3n) is 13.2. The van der Waals surface area contributed by atoms with E-state index in [1.807, 2.05) is 69.6 Å². The van der Waals surface area contributed by atoms with Crippen molar-refractivity contribution >= 4 is 23.6 Å². The van der Waals surface area contributed by atoms with Gasteiger partial charge in [0.15, 0.2) is 17.7 Å². The third kappa shape index (κ3) is 10.3. The van der Waals surface area contributed by atoms with Gasteiger partial charge in [0.05, 0.1) is 42.5 Å². The average Bonchev–Trinajstić information content (AvgIpc) is 3.81. The molecule has 2 aromatic heterocycles. The molecular formula is C45H69N5O11. The molecule has 0 radical (unpaired) electrons. The third-order valence-corrected chi connectivity index (χ3v) is 13.2. The van der Waals surface area contributed by atoms with Gasteiger partial charge in [0, 0.05) is 68.0 Å². The highest BCUT2D eigenvalue weighted by molar-refractivity contribution is 6.00. The number of esters is 1. The summed E-state index contributed by atoms with van der Waals surface area (Å²) in [6, 6.07) is 2.64. The number of aryl methyl sites for hydroxylation is 1. The van der Waals surface area contributed by atoms with Crippen LogP contribution < -0.4 is 4.74 Å². The minimum Gasteiger partial charge on any atom is -0.478 e. The molecule has 1 N–H and O–H groups in total. The quantitative estimate of drug-likeness (QED) is 0.155. The number of rotatable bonds is 13. The predicted molar refractivity (Wildman–Crippen MR) is 225 cm³/mol. The minimum absolute atomic E-state index is 0.123. The highest BCUT2D eigenvalue weighted by Gasteiger charge is 2.60. The number of aliphatic hydroxyl groups is 1. The summed E-state index contributed by atoms with van der Waals surface area (Å²) in [5.41, 5.74) is -1.05. The first-order valence-electron chi connectivity index (χ1n) is 21.9. The summed E-state index contributed by atoms with van der Waals surface area (Å²) in [4.78, 5) is 69.4. The monoisotopic (exact) mass is 855 g/mol. The summed E-state index contributed by atoms with van der Waals surface area (Å²) >= 11 is 0. The van der Waals surface area contributed by atoms with Gasteiger partial charge in [-0.3, -0.25) is 14.4 Å². The lowest BCUT2D eigenvalue weighted by molar-refractivity contribution is -0.295. The number of nitrogens with zero attached hydrogens (tertiary/aromatic N) is 5. The van der Waals surface area contributed by atoms with Gasteiger partial charge in [-0.15, -0.1) is 0 Å². The van der Waals surface area contributed by atoms with Crippen LogP contribution in [-0.4, -0.2) is 141 Å². The molecule has 0 spiro atoms. The second kappa shape index (κ2) is 20.0. The number of aromatic nitrogens is 3. The van der Waals surface area contributed by atoms with Crippen molar-refractivity contribution in [1.82, 2.24) is 24.3 Å². The summed E-state index contributed by atoms with van der Waals surface area (Å²) in [5.74, 6) is -4.45. The Morgan fingerprint density at radius 1 is 0.967 bits per heavy atom. The summed E-state index contributed by atoms with van der Waals surface area (Å²) in [6.45, 7) is 17.3. The Labute approximate surface area is 360 Å². The summed E-state index contributed by atoms with van der Waals surface area (Å²) in [6.07, 6.45) is 2.59. The SMILES string of the molecule is CCOc1ccc(-c2cn(CCCCN3C(=O)O[C@]4(C)[C@@H](CC)OC(=O)[C@H](C)C(=O)[C@H](C)[C@@H](OC5O[C@H](C)C[C@H](N(C)C)[C@H]5O)[C@@](C)(OC)C[C@@H](C)C(=O)[C@H](C)[C@@H]34)cn2)cn1. The maximum absolute atomic E-state index is 14.8. The van der Waals surface area contributed by atoms with Crippen LogP contribution in [0.5, 0.6) is 5.88 Å². The van der Waals surface area contributed by atoms with Crippen molar-refractivity contribution in [1.29, 1.82) is 0 Å². The van der Waals surface area contributed by atoms with E-state index < -0.39 is 83.4 Å². The number of aliphatic hydroxyl groups excluding tert-OH is 1. The van der Waals surface area contributed by atoms with Gasteiger partial charge in [-0.2, -0.15) is 0 Å². The normalized spacial score (nSPS) is 35.4. The van der Waals surface area contributed by atoms with Crippen molar-refractivity contribution in [3.05, 3.63) is 30.9 Å². The Morgan fingerprint density at radius 2 is 1.67 bits per heavy atom. The number of hydrogen-bond acceptors (Lipinski definition) is 14. The fourth-order valence-corrected chi connectivity index (χ4v) is 9.68. The van der Waals surface area contributed by atoms with Crippen LogP contribution >= 0.6 is 0 Å². The Bertz CT molecular complexity index is 1820. The zero-order chi connectivity index (χ0) is 45.0. The Balaban J connectivity index is 1.40. The van der Waals surface area contributed by atoms with Crippen LogP contribution in [0.4, 0.5) is 4.79 Å². The number of unbranched alkanes of at least 4 members (excludes halogenated alkanes) is 1. The first-order chi connectivity index (χ1) is 28.8. The van der Waals surface area contributed by atoms with Gasteiger partial charge in [-0.05, 0) is 86.9 Å². The predicted octanol–water partition coefficient (Wildman–Crippen LogP) is 5.33. The highest BCUT2D eigenvalue weighted by Crippen LogP contribution is 2.43. The zero-order valence-corrected chi connectivity index (χ0v) is 38.2. The van der Waals surface area contributed by atoms with Crippen LogP contribution in [0.3, 0.4) is 0 Å². The van der Waals surface area contributed by atoms with Gasteiger partial charge in [0.2, 0.25) is 5.88 Å². The summed E-state index contributed by atoms with van der Waals surface area (Å²) in [5, 5.41) is 11.5. The van der Waals surface area contributed by atoms with Crippen molar-refractivity contribution in [3.63, 3.8) is 0 Å². The second-order valence-corrected chi connectivity index (χ2v) is 17.9. The second-order valence-electron chi connectivity index (χ2n) is 17.9. The van der Waals surface area contributed by atoms with E-state index in [0.717, 1.165) is 11.3 Å². The molecule has 13 atom stereocenters. The Morgan fingerprint density at radius 3 is 2.30 bits per heavy atom. The van der Waals surface area contributed by atoms with Crippen LogP contribution in [-0.2, 0) is 44.6 Å². The lowest BCUT2D eigenvalue weighted by atomic mass is 9.73. The first-order valence-corrected chi connectivity index (χ1v) is 21.9. The molecule has 1 amide bonds. The topological polar surface area (TPSA) is 181 Å². The van der Waals surface area contributed by atoms with E-state index in [9.17, 15) is 24.3 Å². The van der Waals surface area contributed by atoms with Crippen molar-refractivity contribution in [2.24, 2.45) is 23.7 Å². The molecule has 2 aromatic rings. The number of imidazole rings is 1. The largest absolute Gasteiger partial charge is 0.478 e. The van der Waals surface area contributed by atoms with Crippen molar-refractivity contribution in [3.8, 4) is 17.1 Å². The number of cyclic esters (lactones) is 1. The molecule has 1 unspecified atom stereocenters. The van der Waals surface area contributed by atoms with E-state index in [4.69, 9.17) is 28.4 Å². The lowest BCUT2D eigenvalue weighted by Gasteiger charge is -2.47. The van der Waals surface area contributed by atoms with Crippen LogP contribution in [0.2, 0.25) is 0 Å². The molecule has 3 saturated heterocycles. The average molecular weight is 856 g/mol. The number of carbonyl (C=O) groups is 4. The van der Waals surface area contributed by atoms with Gasteiger partial charge in [-0.1, -0.05) is 27.7 Å². The standard InChI is InChI=1S/C45H69N5O11/c1-13-34-45(9)39(50(43(55)61-45)20-16-15-19-49-24-32(47-25-49)31-17-18-35(46-23-31)57-14-2)28(5)36(51)26(3)22-44(8,56-12)40(29(6)37(52)30(7)41(54)59-34)60-42-38(53)33(48(10)11)21-27(4)58-42/h17-18,23-30,33-34,38-40,42,53H,13-16,19-22H2,1-12H3/t26-,27-,28+,29+,30-,33+,34-,38-,39-,40-,42?,44+,45-/m1/s1. The van der Waals surface area contributed by atoms with E-state index in [2.05, 4.69) is 9.97 Å². The first kappa shape index (κ1) is 48.1. The van der Waals surface area contributed by atoms with Crippen molar-refractivity contribution in [2.75, 3.05) is 34.4 Å². The molecule has 5 rings (SSSR count). The highest BCUT2D eigenvalue weighted by atomic mass is 16.7. The van der Waals surface area contributed by atoms with E-state index in [0.29, 0.717) is 38.3 Å². The van der Waals surface area contributed by atoms with E-state index in [-0.39, 0.29) is 37.3 Å². The summed E-state index contributed by atoms with van der Waals surface area (Å²) < 4.78 is 38.7. The maximum atomic E-state index is 14.8. The van der Waals surface area contributed by atoms with Gasteiger partial charge < -0.3 is 47.9 Å². The number of carbonyl (C=O) groups excluding carboxylic acids is 4. The minimum atomic E-state index is -1.41. The molecule has 0 saturated carbocycles. The van der Waals surface area contributed by atoms with Gasteiger partial charge in [0.25, 0.3) is 0 Å². The van der Waals surface area contributed by atoms with E-state index in [1.54, 1.807) is 45.1 Å². The van der Waals surface area contributed by atoms with Gasteiger partial charge >= 0.3 is 12.1 Å². The molecular weight excluding hydrogens is 787 g/mol. The van der Waals surface area contributed by atoms with Gasteiger partial charge in [0.1, 0.15) is 23.9 Å². The number of fused-ring (bicyclic) bond motifs is 1. The van der Waals surface area contributed by atoms with Crippen LogP contribution in [0.25, 0.3) is 11.3 Å². The van der Waals surface area contributed by atoms with Gasteiger partial charge in [-0.25, -0.2) is 14.8 Å². The fraction of sp³-hybridized carbons (Fsp3) is 0.733.